The van der Waals surface area contributed by atoms with Crippen molar-refractivity contribution in [3.05, 3.63) is 52.5 Å². The van der Waals surface area contributed by atoms with E-state index in [1.54, 1.807) is 25.7 Å². The van der Waals surface area contributed by atoms with Gasteiger partial charge in [0.25, 0.3) is 0 Å². The molecule has 2 N–H and O–H groups in total. The second-order valence-corrected chi connectivity index (χ2v) is 4.76. The lowest BCUT2D eigenvalue weighted by Gasteiger charge is -2.11. The largest absolute Gasteiger partial charge is 0.496 e. The Balaban J connectivity index is 2.12. The molecule has 0 fully saturated rings. The maximum atomic E-state index is 6.10. The Morgan fingerprint density at radius 2 is 2.22 bits per heavy atom. The Bertz CT molecular complexity index is 519. The highest BCUT2D eigenvalue weighted by Crippen LogP contribution is 2.26. The van der Waals surface area contributed by atoms with Crippen LogP contribution in [0.15, 0.2) is 41.3 Å². The summed E-state index contributed by atoms with van der Waals surface area (Å²) in [5, 5.41) is 0. The standard InChI is InChI=1S/C13H14BrN3O/c1-18-13-3-2-9(6-10(13)14)7-11(15)12-8-16-4-5-17-12/h2-6,8,11H,7,15H2,1H3. The first kappa shape index (κ1) is 13.0. The number of aromatic nitrogens is 2. The van der Waals surface area contributed by atoms with Crippen LogP contribution in [0.2, 0.25) is 0 Å². The van der Waals surface area contributed by atoms with Crippen molar-refractivity contribution in [2.45, 2.75) is 12.5 Å². The zero-order valence-electron chi connectivity index (χ0n) is 10.0. The summed E-state index contributed by atoms with van der Waals surface area (Å²) in [6, 6.07) is 5.77. The van der Waals surface area contributed by atoms with Crippen molar-refractivity contribution in [2.24, 2.45) is 5.73 Å². The predicted molar refractivity (Wildman–Crippen MR) is 73.4 cm³/mol. The van der Waals surface area contributed by atoms with Crippen LogP contribution in [-0.4, -0.2) is 17.1 Å². The van der Waals surface area contributed by atoms with Crippen molar-refractivity contribution in [1.82, 2.24) is 9.97 Å². The third-order valence-corrected chi connectivity index (χ3v) is 3.25. The molecule has 2 rings (SSSR count). The fraction of sp³-hybridized carbons (Fsp3) is 0.231. The average molecular weight is 308 g/mol. The van der Waals surface area contributed by atoms with E-state index in [-0.39, 0.29) is 6.04 Å². The molecule has 1 aromatic carbocycles. The summed E-state index contributed by atoms with van der Waals surface area (Å²) in [7, 11) is 1.64. The van der Waals surface area contributed by atoms with Crippen LogP contribution in [0.5, 0.6) is 5.75 Å². The van der Waals surface area contributed by atoms with E-state index in [0.29, 0.717) is 6.42 Å². The normalized spacial score (nSPS) is 12.2. The van der Waals surface area contributed by atoms with E-state index in [1.165, 1.54) is 0 Å². The molecule has 1 aromatic heterocycles. The molecule has 1 heterocycles. The maximum absolute atomic E-state index is 6.10. The minimum atomic E-state index is -0.154. The number of ether oxygens (including phenoxy) is 1. The van der Waals surface area contributed by atoms with Crippen molar-refractivity contribution < 1.29 is 4.74 Å². The summed E-state index contributed by atoms with van der Waals surface area (Å²) in [4.78, 5) is 8.23. The van der Waals surface area contributed by atoms with Crippen LogP contribution in [0.25, 0.3) is 0 Å². The van der Waals surface area contributed by atoms with Gasteiger partial charge in [0, 0.05) is 18.6 Å². The molecular formula is C13H14BrN3O. The number of hydrogen-bond donors (Lipinski definition) is 1. The summed E-state index contributed by atoms with van der Waals surface area (Å²) in [6.45, 7) is 0. The van der Waals surface area contributed by atoms with Crippen LogP contribution in [0.3, 0.4) is 0 Å². The lowest BCUT2D eigenvalue weighted by atomic mass is 10.0. The minimum Gasteiger partial charge on any atom is -0.496 e. The molecule has 0 aliphatic rings. The first-order valence-corrected chi connectivity index (χ1v) is 6.34. The second kappa shape index (κ2) is 5.93. The van der Waals surface area contributed by atoms with Gasteiger partial charge < -0.3 is 10.5 Å². The molecule has 0 aliphatic heterocycles. The summed E-state index contributed by atoms with van der Waals surface area (Å²) >= 11 is 3.46. The molecule has 0 amide bonds. The number of benzene rings is 1. The molecule has 5 heteroatoms. The van der Waals surface area contributed by atoms with Crippen LogP contribution < -0.4 is 10.5 Å². The van der Waals surface area contributed by atoms with Crippen LogP contribution >= 0.6 is 15.9 Å². The minimum absolute atomic E-state index is 0.154. The third kappa shape index (κ3) is 3.05. The first-order chi connectivity index (χ1) is 8.70. The monoisotopic (exact) mass is 307 g/mol. The second-order valence-electron chi connectivity index (χ2n) is 3.91. The zero-order valence-corrected chi connectivity index (χ0v) is 11.6. The van der Waals surface area contributed by atoms with Gasteiger partial charge in [0.2, 0.25) is 0 Å². The highest BCUT2D eigenvalue weighted by Gasteiger charge is 2.10. The number of nitrogens with zero attached hydrogens (tertiary/aromatic N) is 2. The van der Waals surface area contributed by atoms with Gasteiger partial charge in [-0.25, -0.2) is 0 Å². The first-order valence-electron chi connectivity index (χ1n) is 5.54. The lowest BCUT2D eigenvalue weighted by molar-refractivity contribution is 0.412. The van der Waals surface area contributed by atoms with Crippen LogP contribution in [0.1, 0.15) is 17.3 Å². The Kier molecular flexibility index (Phi) is 4.28. The summed E-state index contributed by atoms with van der Waals surface area (Å²) in [5.74, 6) is 0.812. The molecule has 94 valence electrons. The summed E-state index contributed by atoms with van der Waals surface area (Å²) in [6.07, 6.45) is 5.70. The molecule has 18 heavy (non-hydrogen) atoms. The third-order valence-electron chi connectivity index (χ3n) is 2.63. The van der Waals surface area contributed by atoms with E-state index in [9.17, 15) is 0 Å². The smallest absolute Gasteiger partial charge is 0.133 e. The Labute approximate surface area is 114 Å². The van der Waals surface area contributed by atoms with E-state index in [1.807, 2.05) is 18.2 Å². The van der Waals surface area contributed by atoms with Crippen molar-refractivity contribution in [2.75, 3.05) is 7.11 Å². The number of rotatable bonds is 4. The van der Waals surface area contributed by atoms with Gasteiger partial charge >= 0.3 is 0 Å². The quantitative estimate of drug-likeness (QED) is 0.942. The molecule has 1 unspecified atom stereocenters. The van der Waals surface area contributed by atoms with Crippen LogP contribution in [0, 0.1) is 0 Å². The molecule has 0 saturated carbocycles. The van der Waals surface area contributed by atoms with E-state index in [0.717, 1.165) is 21.5 Å². The molecular weight excluding hydrogens is 294 g/mol. The van der Waals surface area contributed by atoms with Gasteiger partial charge in [-0.3, -0.25) is 9.97 Å². The van der Waals surface area contributed by atoms with Crippen molar-refractivity contribution in [1.29, 1.82) is 0 Å². The van der Waals surface area contributed by atoms with Gasteiger partial charge in [-0.2, -0.15) is 0 Å². The Morgan fingerprint density at radius 3 is 2.83 bits per heavy atom. The fourth-order valence-electron chi connectivity index (χ4n) is 1.70. The fourth-order valence-corrected chi connectivity index (χ4v) is 2.29. The lowest BCUT2D eigenvalue weighted by Crippen LogP contribution is -2.15. The number of methoxy groups -OCH3 is 1. The van der Waals surface area contributed by atoms with E-state index in [4.69, 9.17) is 10.5 Å². The van der Waals surface area contributed by atoms with Crippen molar-refractivity contribution in [3.8, 4) is 5.75 Å². The molecule has 2 aromatic rings. The summed E-state index contributed by atoms with van der Waals surface area (Å²) in [5.41, 5.74) is 8.02. The average Bonchev–Trinajstić information content (AvgIpc) is 2.40. The summed E-state index contributed by atoms with van der Waals surface area (Å²) < 4.78 is 6.11. The molecule has 1 atom stereocenters. The highest BCUT2D eigenvalue weighted by atomic mass is 79.9. The molecule has 0 spiro atoms. The molecule has 0 radical (unpaired) electrons. The number of hydrogen-bond acceptors (Lipinski definition) is 4. The van der Waals surface area contributed by atoms with Crippen LogP contribution in [0.4, 0.5) is 0 Å². The Morgan fingerprint density at radius 1 is 1.39 bits per heavy atom. The zero-order chi connectivity index (χ0) is 13.0. The van der Waals surface area contributed by atoms with Gasteiger partial charge in [-0.1, -0.05) is 6.07 Å². The predicted octanol–water partition coefficient (Wildman–Crippen LogP) is 2.49. The van der Waals surface area contributed by atoms with E-state index < -0.39 is 0 Å². The number of nitrogens with two attached hydrogens (primary N) is 1. The van der Waals surface area contributed by atoms with Gasteiger partial charge in [-0.05, 0) is 40.0 Å². The molecule has 0 bridgehead atoms. The SMILES string of the molecule is COc1ccc(CC(N)c2cnccn2)cc1Br. The van der Waals surface area contributed by atoms with Crippen molar-refractivity contribution >= 4 is 15.9 Å². The maximum Gasteiger partial charge on any atom is 0.133 e. The Hall–Kier alpha value is -1.46. The van der Waals surface area contributed by atoms with Gasteiger partial charge in [0.1, 0.15) is 5.75 Å². The molecule has 4 nitrogen and oxygen atoms in total. The molecule has 0 aliphatic carbocycles. The van der Waals surface area contributed by atoms with Gasteiger partial charge in [0.05, 0.1) is 23.3 Å². The van der Waals surface area contributed by atoms with E-state index in [2.05, 4.69) is 25.9 Å². The van der Waals surface area contributed by atoms with Crippen molar-refractivity contribution in [3.63, 3.8) is 0 Å². The number of halogens is 1. The highest BCUT2D eigenvalue weighted by molar-refractivity contribution is 9.10. The molecule has 0 saturated heterocycles. The van der Waals surface area contributed by atoms with Gasteiger partial charge in [-0.15, -0.1) is 0 Å². The van der Waals surface area contributed by atoms with E-state index >= 15 is 0 Å². The van der Waals surface area contributed by atoms with Crippen LogP contribution in [-0.2, 0) is 6.42 Å². The topological polar surface area (TPSA) is 61.0 Å². The van der Waals surface area contributed by atoms with Gasteiger partial charge in [0.15, 0.2) is 0 Å².